The first-order chi connectivity index (χ1) is 8.65. The lowest BCUT2D eigenvalue weighted by Gasteiger charge is -2.18. The van der Waals surface area contributed by atoms with Gasteiger partial charge in [-0.1, -0.05) is 0 Å². The van der Waals surface area contributed by atoms with Crippen LogP contribution in [0.4, 0.5) is 5.95 Å². The van der Waals surface area contributed by atoms with Gasteiger partial charge in [-0.25, -0.2) is 4.98 Å². The molecule has 96 valence electrons. The Bertz CT molecular complexity index is 555. The maximum absolute atomic E-state index is 12.0. The average Bonchev–Trinajstić information content (AvgIpc) is 2.68. The summed E-state index contributed by atoms with van der Waals surface area (Å²) >= 11 is 5.95. The molecule has 1 aromatic rings. The summed E-state index contributed by atoms with van der Waals surface area (Å²) in [6, 6.07) is 0. The number of aryl methyl sites for hydroxylation is 1. The van der Waals surface area contributed by atoms with Crippen molar-refractivity contribution in [2.45, 2.75) is 37.5 Å². The zero-order chi connectivity index (χ0) is 12.7. The summed E-state index contributed by atoms with van der Waals surface area (Å²) in [5.74, 6) is 0.280. The van der Waals surface area contributed by atoms with Gasteiger partial charge in [-0.05, 0) is 25.7 Å². The Morgan fingerprint density at radius 2 is 2.06 bits per heavy atom. The van der Waals surface area contributed by atoms with Gasteiger partial charge in [-0.3, -0.25) is 19.5 Å². The second-order valence-electron chi connectivity index (χ2n) is 4.83. The van der Waals surface area contributed by atoms with Gasteiger partial charge in [-0.2, -0.15) is 0 Å². The van der Waals surface area contributed by atoms with Gasteiger partial charge in [-0.15, -0.1) is 11.6 Å². The third kappa shape index (κ3) is 1.92. The number of aromatic nitrogens is 2. The van der Waals surface area contributed by atoms with Crippen molar-refractivity contribution in [1.29, 1.82) is 0 Å². The predicted octanol–water partition coefficient (Wildman–Crippen LogP) is 0.993. The molecule has 1 atom stereocenters. The van der Waals surface area contributed by atoms with Crippen LogP contribution in [0.25, 0.3) is 0 Å². The minimum absolute atomic E-state index is 0.0751. The molecular formula is C12H14ClN3O2. The number of hydrogen-bond donors (Lipinski definition) is 1. The highest BCUT2D eigenvalue weighted by atomic mass is 35.5. The third-order valence-corrected chi connectivity index (χ3v) is 3.80. The maximum atomic E-state index is 12.0. The van der Waals surface area contributed by atoms with E-state index in [9.17, 15) is 9.59 Å². The van der Waals surface area contributed by atoms with Crippen LogP contribution in [0, 0.1) is 0 Å². The van der Waals surface area contributed by atoms with Crippen molar-refractivity contribution in [1.82, 2.24) is 9.97 Å². The Labute approximate surface area is 109 Å². The van der Waals surface area contributed by atoms with Gasteiger partial charge in [0.15, 0.2) is 0 Å². The fraction of sp³-hybridized carbons (Fsp3) is 0.583. The van der Waals surface area contributed by atoms with Gasteiger partial charge in [0.05, 0.1) is 11.1 Å². The van der Waals surface area contributed by atoms with E-state index in [2.05, 4.69) is 9.97 Å². The number of carbonyl (C=O) groups is 1. The quantitative estimate of drug-likeness (QED) is 0.772. The molecule has 0 aromatic carbocycles. The second kappa shape index (κ2) is 4.39. The second-order valence-corrected chi connectivity index (χ2v) is 5.44. The number of carbonyl (C=O) groups excluding carboxylic acids is 1. The van der Waals surface area contributed by atoms with Gasteiger partial charge in [0.25, 0.3) is 5.56 Å². The number of aromatic amines is 1. The Morgan fingerprint density at radius 1 is 1.28 bits per heavy atom. The summed E-state index contributed by atoms with van der Waals surface area (Å²) in [4.78, 5) is 32.3. The normalized spacial score (nSPS) is 23.3. The van der Waals surface area contributed by atoms with E-state index < -0.39 is 0 Å². The van der Waals surface area contributed by atoms with Crippen molar-refractivity contribution in [3.05, 3.63) is 21.6 Å². The van der Waals surface area contributed by atoms with Crippen molar-refractivity contribution in [2.24, 2.45) is 0 Å². The molecule has 0 radical (unpaired) electrons. The number of hydrogen-bond acceptors (Lipinski definition) is 3. The number of fused-ring (bicyclic) bond motifs is 1. The number of alkyl halides is 1. The first-order valence-electron chi connectivity index (χ1n) is 6.21. The molecule has 1 aliphatic carbocycles. The minimum atomic E-state index is -0.196. The molecule has 0 saturated carbocycles. The Kier molecular flexibility index (Phi) is 2.86. The van der Waals surface area contributed by atoms with E-state index >= 15 is 0 Å². The van der Waals surface area contributed by atoms with Gasteiger partial charge >= 0.3 is 0 Å². The van der Waals surface area contributed by atoms with E-state index in [1.807, 2.05) is 0 Å². The highest BCUT2D eigenvalue weighted by molar-refractivity contribution is 6.24. The Hall–Kier alpha value is -1.36. The number of amides is 1. The van der Waals surface area contributed by atoms with Crippen LogP contribution >= 0.6 is 11.6 Å². The molecule has 1 fully saturated rings. The lowest BCUT2D eigenvalue weighted by molar-refractivity contribution is -0.117. The molecule has 1 N–H and O–H groups in total. The Morgan fingerprint density at radius 3 is 2.78 bits per heavy atom. The Balaban J connectivity index is 2.01. The van der Waals surface area contributed by atoms with Crippen LogP contribution in [-0.2, 0) is 17.6 Å². The van der Waals surface area contributed by atoms with E-state index in [-0.39, 0.29) is 16.8 Å². The van der Waals surface area contributed by atoms with Crippen LogP contribution < -0.4 is 10.5 Å². The number of nitrogens with one attached hydrogen (secondary N) is 1. The highest BCUT2D eigenvalue weighted by Gasteiger charge is 2.31. The lowest BCUT2D eigenvalue weighted by Crippen LogP contribution is -2.31. The van der Waals surface area contributed by atoms with Gasteiger partial charge in [0.1, 0.15) is 0 Å². The first kappa shape index (κ1) is 11.7. The summed E-state index contributed by atoms with van der Waals surface area (Å²) in [5, 5.41) is -0.196. The van der Waals surface area contributed by atoms with Gasteiger partial charge in [0, 0.05) is 18.5 Å². The zero-order valence-electron chi connectivity index (χ0n) is 9.91. The standard InChI is InChI=1S/C12H14ClN3O2/c13-7-5-10(17)16(6-7)12-14-9-4-2-1-3-8(9)11(18)15-12/h7H,1-6H2,(H,14,15,18). The van der Waals surface area contributed by atoms with Crippen molar-refractivity contribution < 1.29 is 4.79 Å². The minimum Gasteiger partial charge on any atom is -0.292 e. The molecule has 1 aromatic heterocycles. The van der Waals surface area contributed by atoms with Crippen molar-refractivity contribution in [3.63, 3.8) is 0 Å². The summed E-state index contributed by atoms with van der Waals surface area (Å²) < 4.78 is 0. The van der Waals surface area contributed by atoms with E-state index in [1.165, 1.54) is 4.90 Å². The summed E-state index contributed by atoms with van der Waals surface area (Å²) in [7, 11) is 0. The van der Waals surface area contributed by atoms with E-state index in [0.717, 1.165) is 36.9 Å². The van der Waals surface area contributed by atoms with Crippen LogP contribution in [0.5, 0.6) is 0 Å². The number of halogens is 1. The first-order valence-corrected chi connectivity index (χ1v) is 6.65. The molecule has 3 rings (SSSR count). The topological polar surface area (TPSA) is 66.1 Å². The van der Waals surface area contributed by atoms with Gasteiger partial charge in [0.2, 0.25) is 11.9 Å². The molecule has 6 heteroatoms. The molecular weight excluding hydrogens is 254 g/mol. The molecule has 1 unspecified atom stereocenters. The summed E-state index contributed by atoms with van der Waals surface area (Å²) in [6.45, 7) is 0.419. The van der Waals surface area contributed by atoms with E-state index in [0.29, 0.717) is 18.9 Å². The SMILES string of the molecule is O=C1CC(Cl)CN1c1nc2c(c(=O)[nH]1)CCCC2. The molecule has 5 nitrogen and oxygen atoms in total. The fourth-order valence-corrected chi connectivity index (χ4v) is 2.86. The number of H-pyrrole nitrogens is 1. The summed E-state index contributed by atoms with van der Waals surface area (Å²) in [6.07, 6.45) is 3.99. The fourth-order valence-electron chi connectivity index (χ4n) is 2.59. The van der Waals surface area contributed by atoms with Crippen LogP contribution in [0.15, 0.2) is 4.79 Å². The van der Waals surface area contributed by atoms with Crippen LogP contribution in [-0.4, -0.2) is 27.8 Å². The third-order valence-electron chi connectivity index (χ3n) is 3.51. The molecule has 2 heterocycles. The average molecular weight is 268 g/mol. The molecule has 1 aliphatic heterocycles. The molecule has 0 spiro atoms. The predicted molar refractivity (Wildman–Crippen MR) is 68.1 cm³/mol. The van der Waals surface area contributed by atoms with Crippen LogP contribution in [0.1, 0.15) is 30.5 Å². The van der Waals surface area contributed by atoms with Crippen molar-refractivity contribution in [2.75, 3.05) is 11.4 Å². The highest BCUT2D eigenvalue weighted by Crippen LogP contribution is 2.23. The molecule has 0 bridgehead atoms. The largest absolute Gasteiger partial charge is 0.292 e. The number of anilines is 1. The molecule has 2 aliphatic rings. The van der Waals surface area contributed by atoms with E-state index in [4.69, 9.17) is 11.6 Å². The number of nitrogens with zero attached hydrogens (tertiary/aromatic N) is 2. The van der Waals surface area contributed by atoms with Crippen LogP contribution in [0.3, 0.4) is 0 Å². The van der Waals surface area contributed by atoms with Gasteiger partial charge < -0.3 is 0 Å². The van der Waals surface area contributed by atoms with Crippen LogP contribution in [0.2, 0.25) is 0 Å². The molecule has 1 saturated heterocycles. The number of rotatable bonds is 1. The summed E-state index contributed by atoms with van der Waals surface area (Å²) in [5.41, 5.74) is 1.51. The lowest BCUT2D eigenvalue weighted by atomic mass is 9.97. The molecule has 1 amide bonds. The monoisotopic (exact) mass is 267 g/mol. The van der Waals surface area contributed by atoms with Crippen molar-refractivity contribution >= 4 is 23.5 Å². The zero-order valence-corrected chi connectivity index (χ0v) is 10.7. The van der Waals surface area contributed by atoms with Crippen molar-refractivity contribution in [3.8, 4) is 0 Å². The smallest absolute Gasteiger partial charge is 0.255 e. The maximum Gasteiger partial charge on any atom is 0.255 e. The van der Waals surface area contributed by atoms with E-state index in [1.54, 1.807) is 0 Å². The molecule has 18 heavy (non-hydrogen) atoms.